The van der Waals surface area contributed by atoms with Gasteiger partial charge >= 0.3 is 5.97 Å². The van der Waals surface area contributed by atoms with Crippen molar-refractivity contribution in [1.29, 1.82) is 0 Å². The molecule has 0 spiro atoms. The van der Waals surface area contributed by atoms with Crippen LogP contribution in [0, 0.1) is 0 Å². The SMILES string of the molecule is C=C(C)C(=O)OCC(COCCC)OC. The maximum absolute atomic E-state index is 11.1. The summed E-state index contributed by atoms with van der Waals surface area (Å²) in [5.41, 5.74) is 0.388. The molecule has 1 unspecified atom stereocenters. The minimum Gasteiger partial charge on any atom is -0.459 e. The first kappa shape index (κ1) is 14.1. The Morgan fingerprint density at radius 3 is 2.53 bits per heavy atom. The van der Waals surface area contributed by atoms with Crippen molar-refractivity contribution in [2.24, 2.45) is 0 Å². The summed E-state index contributed by atoms with van der Waals surface area (Å²) < 4.78 is 15.3. The van der Waals surface area contributed by atoms with E-state index in [-0.39, 0.29) is 12.7 Å². The average molecular weight is 216 g/mol. The predicted molar refractivity (Wildman–Crippen MR) is 57.7 cm³/mol. The van der Waals surface area contributed by atoms with Crippen LogP contribution in [0.4, 0.5) is 0 Å². The second-order valence-electron chi connectivity index (χ2n) is 3.31. The molecule has 0 aliphatic carbocycles. The molecule has 0 aliphatic rings. The van der Waals surface area contributed by atoms with Crippen LogP contribution < -0.4 is 0 Å². The minimum absolute atomic E-state index is 0.200. The summed E-state index contributed by atoms with van der Waals surface area (Å²) in [4.78, 5) is 11.1. The number of rotatable bonds is 8. The average Bonchev–Trinajstić information content (AvgIpc) is 2.22. The van der Waals surface area contributed by atoms with Crippen molar-refractivity contribution in [3.63, 3.8) is 0 Å². The van der Waals surface area contributed by atoms with E-state index < -0.39 is 5.97 Å². The zero-order chi connectivity index (χ0) is 11.7. The van der Waals surface area contributed by atoms with Crippen LogP contribution in [-0.2, 0) is 19.0 Å². The summed E-state index contributed by atoms with van der Waals surface area (Å²) in [7, 11) is 1.56. The standard InChI is InChI=1S/C11H20O4/c1-5-6-14-7-10(13-4)8-15-11(12)9(2)3/h10H,2,5-8H2,1,3-4H3. The van der Waals surface area contributed by atoms with Gasteiger partial charge in [-0.25, -0.2) is 4.79 Å². The van der Waals surface area contributed by atoms with Gasteiger partial charge in [-0.15, -0.1) is 0 Å². The van der Waals surface area contributed by atoms with Crippen LogP contribution in [0.25, 0.3) is 0 Å². The number of ether oxygens (including phenoxy) is 3. The number of hydrogen-bond donors (Lipinski definition) is 0. The van der Waals surface area contributed by atoms with Crippen LogP contribution in [0.5, 0.6) is 0 Å². The van der Waals surface area contributed by atoms with Crippen molar-refractivity contribution >= 4 is 5.97 Å². The highest BCUT2D eigenvalue weighted by Crippen LogP contribution is 1.98. The topological polar surface area (TPSA) is 44.8 Å². The van der Waals surface area contributed by atoms with Gasteiger partial charge in [0.15, 0.2) is 0 Å². The Morgan fingerprint density at radius 2 is 2.07 bits per heavy atom. The Kier molecular flexibility index (Phi) is 7.95. The van der Waals surface area contributed by atoms with Crippen LogP contribution in [-0.4, -0.2) is 39.0 Å². The third-order valence-corrected chi connectivity index (χ3v) is 1.73. The van der Waals surface area contributed by atoms with E-state index in [9.17, 15) is 4.79 Å². The Bertz CT molecular complexity index is 201. The molecule has 0 aromatic carbocycles. The molecule has 0 aromatic rings. The van der Waals surface area contributed by atoms with Gasteiger partial charge in [0.25, 0.3) is 0 Å². The Balaban J connectivity index is 3.69. The maximum Gasteiger partial charge on any atom is 0.333 e. The number of methoxy groups -OCH3 is 1. The number of esters is 1. The molecule has 0 heterocycles. The van der Waals surface area contributed by atoms with Crippen molar-refractivity contribution in [3.05, 3.63) is 12.2 Å². The van der Waals surface area contributed by atoms with E-state index in [2.05, 4.69) is 6.58 Å². The summed E-state index contributed by atoms with van der Waals surface area (Å²) in [6.45, 7) is 8.45. The van der Waals surface area contributed by atoms with Crippen LogP contribution in [0.15, 0.2) is 12.2 Å². The monoisotopic (exact) mass is 216 g/mol. The molecule has 0 aliphatic heterocycles. The lowest BCUT2D eigenvalue weighted by molar-refractivity contribution is -0.144. The molecule has 4 nitrogen and oxygen atoms in total. The second kappa shape index (κ2) is 8.44. The van der Waals surface area contributed by atoms with E-state index in [1.54, 1.807) is 14.0 Å². The van der Waals surface area contributed by atoms with Crippen molar-refractivity contribution < 1.29 is 19.0 Å². The van der Waals surface area contributed by atoms with Crippen LogP contribution in [0.3, 0.4) is 0 Å². The molecule has 0 aromatic heterocycles. The van der Waals surface area contributed by atoms with Gasteiger partial charge < -0.3 is 14.2 Å². The van der Waals surface area contributed by atoms with Crippen LogP contribution >= 0.6 is 0 Å². The Hall–Kier alpha value is -0.870. The summed E-state index contributed by atoms with van der Waals surface area (Å²) in [5.74, 6) is -0.396. The highest BCUT2D eigenvalue weighted by Gasteiger charge is 2.11. The maximum atomic E-state index is 11.1. The molecule has 88 valence electrons. The second-order valence-corrected chi connectivity index (χ2v) is 3.31. The van der Waals surface area contributed by atoms with Gasteiger partial charge in [0.05, 0.1) is 6.61 Å². The van der Waals surface area contributed by atoms with E-state index in [0.29, 0.717) is 18.8 Å². The van der Waals surface area contributed by atoms with Crippen molar-refractivity contribution in [2.75, 3.05) is 26.9 Å². The fourth-order valence-corrected chi connectivity index (χ4v) is 0.835. The first-order valence-corrected chi connectivity index (χ1v) is 5.05. The predicted octanol–water partition coefficient (Wildman–Crippen LogP) is 1.55. The lowest BCUT2D eigenvalue weighted by Crippen LogP contribution is -2.26. The lowest BCUT2D eigenvalue weighted by atomic mass is 10.3. The van der Waals surface area contributed by atoms with Crippen molar-refractivity contribution in [2.45, 2.75) is 26.4 Å². The summed E-state index contributed by atoms with van der Waals surface area (Å²) in [6.07, 6.45) is 0.752. The number of carbonyl (C=O) groups excluding carboxylic acids is 1. The molecule has 0 saturated carbocycles. The van der Waals surface area contributed by atoms with E-state index in [1.165, 1.54) is 0 Å². The van der Waals surface area contributed by atoms with Crippen LogP contribution in [0.1, 0.15) is 20.3 Å². The lowest BCUT2D eigenvalue weighted by Gasteiger charge is -2.15. The molecular weight excluding hydrogens is 196 g/mol. The largest absolute Gasteiger partial charge is 0.459 e. The molecule has 0 saturated heterocycles. The molecule has 0 bridgehead atoms. The van der Waals surface area contributed by atoms with E-state index in [1.807, 2.05) is 6.92 Å². The Labute approximate surface area is 91.2 Å². The molecule has 0 amide bonds. The molecule has 0 radical (unpaired) electrons. The van der Waals surface area contributed by atoms with Crippen LogP contribution in [0.2, 0.25) is 0 Å². The molecule has 0 rings (SSSR count). The molecule has 15 heavy (non-hydrogen) atoms. The quantitative estimate of drug-likeness (QED) is 0.351. The van der Waals surface area contributed by atoms with Gasteiger partial charge in [0.2, 0.25) is 0 Å². The normalized spacial score (nSPS) is 12.2. The van der Waals surface area contributed by atoms with Crippen molar-refractivity contribution in [3.8, 4) is 0 Å². The summed E-state index contributed by atoms with van der Waals surface area (Å²) in [6, 6.07) is 0. The molecular formula is C11H20O4. The third-order valence-electron chi connectivity index (χ3n) is 1.73. The van der Waals surface area contributed by atoms with E-state index >= 15 is 0 Å². The van der Waals surface area contributed by atoms with Gasteiger partial charge in [-0.3, -0.25) is 0 Å². The van der Waals surface area contributed by atoms with Gasteiger partial charge in [-0.05, 0) is 13.3 Å². The fourth-order valence-electron chi connectivity index (χ4n) is 0.835. The third kappa shape index (κ3) is 7.11. The first-order valence-electron chi connectivity index (χ1n) is 5.05. The van der Waals surface area contributed by atoms with Crippen molar-refractivity contribution in [1.82, 2.24) is 0 Å². The number of hydrogen-bond acceptors (Lipinski definition) is 4. The fraction of sp³-hybridized carbons (Fsp3) is 0.727. The summed E-state index contributed by atoms with van der Waals surface area (Å²) in [5, 5.41) is 0. The highest BCUT2D eigenvalue weighted by atomic mass is 16.6. The Morgan fingerprint density at radius 1 is 1.40 bits per heavy atom. The summed E-state index contributed by atoms with van der Waals surface area (Å²) >= 11 is 0. The molecule has 0 N–H and O–H groups in total. The minimum atomic E-state index is -0.396. The van der Waals surface area contributed by atoms with Gasteiger partial charge in [0, 0.05) is 19.3 Å². The van der Waals surface area contributed by atoms with Gasteiger partial charge in [-0.2, -0.15) is 0 Å². The van der Waals surface area contributed by atoms with E-state index in [0.717, 1.165) is 6.42 Å². The zero-order valence-corrected chi connectivity index (χ0v) is 9.75. The number of carbonyl (C=O) groups is 1. The highest BCUT2D eigenvalue weighted by molar-refractivity contribution is 5.86. The molecule has 4 heteroatoms. The molecule has 0 fully saturated rings. The van der Waals surface area contributed by atoms with Gasteiger partial charge in [0.1, 0.15) is 12.7 Å². The first-order chi connectivity index (χ1) is 7.11. The van der Waals surface area contributed by atoms with Gasteiger partial charge in [-0.1, -0.05) is 13.5 Å². The molecule has 1 atom stereocenters. The zero-order valence-electron chi connectivity index (χ0n) is 9.75. The van der Waals surface area contributed by atoms with E-state index in [4.69, 9.17) is 14.2 Å². The smallest absolute Gasteiger partial charge is 0.333 e.